The van der Waals surface area contributed by atoms with Crippen LogP contribution in [0.15, 0.2) is 11.6 Å². The van der Waals surface area contributed by atoms with Crippen LogP contribution in [-0.2, 0) is 0 Å². The number of fused-ring (bicyclic) bond motifs is 6. The molecule has 0 amide bonds. The average Bonchev–Trinajstić information content (AvgIpc) is 3.38. The Morgan fingerprint density at radius 2 is 1.48 bits per heavy atom. The van der Waals surface area contributed by atoms with E-state index in [1.807, 2.05) is 5.57 Å². The minimum absolute atomic E-state index is 0.472. The molecule has 6 rings (SSSR count). The van der Waals surface area contributed by atoms with E-state index < -0.39 is 0 Å². The zero-order chi connectivity index (χ0) is 18.3. The minimum Gasteiger partial charge on any atom is -0.143 e. The van der Waals surface area contributed by atoms with Gasteiger partial charge in [-0.2, -0.15) is 0 Å². The molecule has 2 saturated heterocycles. The lowest BCUT2D eigenvalue weighted by atomic mass is 9.47. The average molecular weight is 439 g/mol. The first-order chi connectivity index (χ1) is 13.0. The van der Waals surface area contributed by atoms with Gasteiger partial charge in [0, 0.05) is 23.0 Å². The van der Waals surface area contributed by atoms with Gasteiger partial charge in [0.1, 0.15) is 0 Å². The third-order valence-electron chi connectivity index (χ3n) is 9.70. The lowest BCUT2D eigenvalue weighted by Crippen LogP contribution is -2.53. The number of thioether (sulfide) groups is 4. The summed E-state index contributed by atoms with van der Waals surface area (Å²) in [6.07, 6.45) is 14.7. The second-order valence-corrected chi connectivity index (χ2v) is 16.6. The summed E-state index contributed by atoms with van der Waals surface area (Å²) in [5, 5.41) is 0. The second-order valence-electron chi connectivity index (χ2n) is 10.5. The quantitative estimate of drug-likeness (QED) is 0.364. The van der Waals surface area contributed by atoms with Crippen LogP contribution in [0.3, 0.4) is 0 Å². The Labute approximate surface area is 183 Å². The maximum atomic E-state index is 2.81. The Bertz CT molecular complexity index is 659. The summed E-state index contributed by atoms with van der Waals surface area (Å²) in [6, 6.07) is 0. The molecule has 6 aliphatic rings. The highest BCUT2D eigenvalue weighted by molar-refractivity contribution is 8.21. The molecule has 0 N–H and O–H groups in total. The molecule has 5 fully saturated rings. The van der Waals surface area contributed by atoms with E-state index in [-0.39, 0.29) is 0 Å². The van der Waals surface area contributed by atoms with Gasteiger partial charge in [-0.05, 0) is 80.0 Å². The Balaban J connectivity index is 1.32. The third kappa shape index (κ3) is 2.48. The first-order valence-electron chi connectivity index (χ1n) is 11.3. The van der Waals surface area contributed by atoms with Crippen molar-refractivity contribution >= 4 is 47.0 Å². The van der Waals surface area contributed by atoms with Crippen molar-refractivity contribution in [1.82, 2.24) is 0 Å². The minimum atomic E-state index is 0.472. The molecule has 2 spiro atoms. The number of hydrogen-bond acceptors (Lipinski definition) is 4. The van der Waals surface area contributed by atoms with Gasteiger partial charge in [0.05, 0.1) is 8.16 Å². The molecular formula is C23H34S4. The van der Waals surface area contributed by atoms with Crippen molar-refractivity contribution in [2.24, 2.45) is 28.6 Å². The smallest absolute Gasteiger partial charge is 0.0795 e. The van der Waals surface area contributed by atoms with Crippen molar-refractivity contribution in [3.05, 3.63) is 11.6 Å². The molecule has 4 aliphatic carbocycles. The normalized spacial score (nSPS) is 49.7. The third-order valence-corrected chi connectivity index (χ3v) is 17.2. The van der Waals surface area contributed by atoms with Crippen LogP contribution in [0.5, 0.6) is 0 Å². The molecular weight excluding hydrogens is 405 g/mol. The molecule has 3 saturated carbocycles. The predicted octanol–water partition coefficient (Wildman–Crippen LogP) is 7.30. The first kappa shape index (κ1) is 18.9. The lowest BCUT2D eigenvalue weighted by Gasteiger charge is -2.60. The van der Waals surface area contributed by atoms with Crippen molar-refractivity contribution in [2.45, 2.75) is 73.4 Å². The van der Waals surface area contributed by atoms with Crippen LogP contribution in [0, 0.1) is 28.6 Å². The standard InChI is InChI=1S/C23H34S4/c1-20-9-10-22(24-11-12-25-22)15-16(20)3-4-17-18(20)5-7-21(2)19(17)6-8-23(21)26-13-14-27-23/h15,17-19H,3-14H2,1-2H3. The van der Waals surface area contributed by atoms with Crippen LogP contribution >= 0.6 is 47.0 Å². The van der Waals surface area contributed by atoms with Crippen LogP contribution in [0.25, 0.3) is 0 Å². The van der Waals surface area contributed by atoms with E-state index in [1.54, 1.807) is 0 Å². The molecule has 150 valence electrons. The maximum absolute atomic E-state index is 2.81. The Morgan fingerprint density at radius 1 is 0.778 bits per heavy atom. The fourth-order valence-electron chi connectivity index (χ4n) is 8.27. The van der Waals surface area contributed by atoms with Gasteiger partial charge < -0.3 is 0 Å². The van der Waals surface area contributed by atoms with E-state index in [4.69, 9.17) is 0 Å². The summed E-state index contributed by atoms with van der Waals surface area (Å²) < 4.78 is 1.06. The number of allylic oxidation sites excluding steroid dienone is 1. The highest BCUT2D eigenvalue weighted by Crippen LogP contribution is 2.74. The van der Waals surface area contributed by atoms with Crippen LogP contribution in [0.2, 0.25) is 0 Å². The summed E-state index contributed by atoms with van der Waals surface area (Å²) in [5.41, 5.74) is 3.04. The van der Waals surface area contributed by atoms with E-state index in [0.29, 0.717) is 19.0 Å². The highest BCUT2D eigenvalue weighted by atomic mass is 32.2. The van der Waals surface area contributed by atoms with Crippen molar-refractivity contribution in [2.75, 3.05) is 23.0 Å². The summed E-state index contributed by atoms with van der Waals surface area (Å²) in [6.45, 7) is 5.42. The van der Waals surface area contributed by atoms with Crippen molar-refractivity contribution in [1.29, 1.82) is 0 Å². The molecule has 5 unspecified atom stereocenters. The maximum Gasteiger partial charge on any atom is 0.0795 e. The van der Waals surface area contributed by atoms with Gasteiger partial charge in [0.15, 0.2) is 0 Å². The van der Waals surface area contributed by atoms with Crippen LogP contribution in [0.1, 0.15) is 65.2 Å². The van der Waals surface area contributed by atoms with Crippen molar-refractivity contribution < 1.29 is 0 Å². The van der Waals surface area contributed by atoms with Gasteiger partial charge in [-0.15, -0.1) is 47.0 Å². The molecule has 0 bridgehead atoms. The molecule has 0 radical (unpaired) electrons. The monoisotopic (exact) mass is 438 g/mol. The molecule has 4 heteroatoms. The van der Waals surface area contributed by atoms with E-state index in [9.17, 15) is 0 Å². The SMILES string of the molecule is CC12CCC3(C=C1CCC1C2CCC2(C)C1CCC21SCCS1)SCCS3. The molecule has 27 heavy (non-hydrogen) atoms. The van der Waals surface area contributed by atoms with Gasteiger partial charge in [-0.3, -0.25) is 0 Å². The summed E-state index contributed by atoms with van der Waals surface area (Å²) in [5.74, 6) is 8.57. The molecule has 2 aliphatic heterocycles. The molecule has 0 aromatic rings. The highest BCUT2D eigenvalue weighted by Gasteiger charge is 2.65. The predicted molar refractivity (Wildman–Crippen MR) is 127 cm³/mol. The fourth-order valence-corrected chi connectivity index (χ4v) is 15.3. The molecule has 5 atom stereocenters. The lowest BCUT2D eigenvalue weighted by molar-refractivity contribution is -0.0370. The van der Waals surface area contributed by atoms with Crippen LogP contribution in [-0.4, -0.2) is 31.2 Å². The van der Waals surface area contributed by atoms with Gasteiger partial charge in [-0.25, -0.2) is 0 Å². The number of rotatable bonds is 0. The molecule has 2 heterocycles. The zero-order valence-electron chi connectivity index (χ0n) is 16.9. The topological polar surface area (TPSA) is 0 Å². The van der Waals surface area contributed by atoms with E-state index in [0.717, 1.165) is 17.8 Å². The Morgan fingerprint density at radius 3 is 2.26 bits per heavy atom. The molecule has 0 aromatic carbocycles. The second kappa shape index (κ2) is 6.33. The van der Waals surface area contributed by atoms with Crippen LogP contribution < -0.4 is 0 Å². The van der Waals surface area contributed by atoms with Gasteiger partial charge in [0.2, 0.25) is 0 Å². The van der Waals surface area contributed by atoms with Gasteiger partial charge in [-0.1, -0.05) is 25.5 Å². The molecule has 0 nitrogen and oxygen atoms in total. The van der Waals surface area contributed by atoms with E-state index in [1.165, 1.54) is 74.4 Å². The van der Waals surface area contributed by atoms with Gasteiger partial charge >= 0.3 is 0 Å². The Hall–Kier alpha value is 1.14. The fraction of sp³-hybridized carbons (Fsp3) is 0.913. The summed E-state index contributed by atoms with van der Waals surface area (Å²) >= 11 is 9.23. The van der Waals surface area contributed by atoms with Crippen molar-refractivity contribution in [3.63, 3.8) is 0 Å². The summed E-state index contributed by atoms with van der Waals surface area (Å²) in [4.78, 5) is 0. The van der Waals surface area contributed by atoms with E-state index in [2.05, 4.69) is 67.0 Å². The van der Waals surface area contributed by atoms with Gasteiger partial charge in [0.25, 0.3) is 0 Å². The Kier molecular flexibility index (Phi) is 4.42. The largest absolute Gasteiger partial charge is 0.143 e. The molecule has 0 aromatic heterocycles. The van der Waals surface area contributed by atoms with Crippen molar-refractivity contribution in [3.8, 4) is 0 Å². The summed E-state index contributed by atoms with van der Waals surface area (Å²) in [7, 11) is 0. The first-order valence-corrected chi connectivity index (χ1v) is 15.2. The zero-order valence-corrected chi connectivity index (χ0v) is 20.2. The number of hydrogen-bond donors (Lipinski definition) is 0. The van der Waals surface area contributed by atoms with Crippen LogP contribution in [0.4, 0.5) is 0 Å². The van der Waals surface area contributed by atoms with E-state index >= 15 is 0 Å².